The van der Waals surface area contributed by atoms with Crippen molar-refractivity contribution in [1.82, 2.24) is 9.78 Å². The summed E-state index contributed by atoms with van der Waals surface area (Å²) in [6.07, 6.45) is 7.65. The van der Waals surface area contributed by atoms with E-state index in [9.17, 15) is 0 Å². The lowest BCUT2D eigenvalue weighted by Crippen LogP contribution is -1.96. The Bertz CT molecular complexity index is 253. The first-order valence-corrected chi connectivity index (χ1v) is 4.46. The highest BCUT2D eigenvalue weighted by Crippen LogP contribution is 2.32. The van der Waals surface area contributed by atoms with Gasteiger partial charge in [0.15, 0.2) is 5.75 Å². The molecular formula is C9H14N2O. The first kappa shape index (κ1) is 7.65. The first-order chi connectivity index (χ1) is 5.84. The molecule has 0 radical (unpaired) electrons. The van der Waals surface area contributed by atoms with Crippen LogP contribution in [0.4, 0.5) is 0 Å². The molecule has 12 heavy (non-hydrogen) atoms. The van der Waals surface area contributed by atoms with Crippen LogP contribution < -0.4 is 4.74 Å². The fourth-order valence-corrected chi connectivity index (χ4v) is 1.22. The van der Waals surface area contributed by atoms with Crippen LogP contribution >= 0.6 is 0 Å². The minimum Gasteiger partial charge on any atom is -0.490 e. The van der Waals surface area contributed by atoms with Crippen molar-refractivity contribution in [3.8, 4) is 5.75 Å². The average molecular weight is 166 g/mol. The van der Waals surface area contributed by atoms with Crippen LogP contribution in [-0.2, 0) is 7.05 Å². The average Bonchev–Trinajstić information content (AvgIpc) is 2.76. The van der Waals surface area contributed by atoms with Crippen LogP contribution in [0.3, 0.4) is 0 Å². The largest absolute Gasteiger partial charge is 0.490 e. The maximum absolute atomic E-state index is 5.49. The van der Waals surface area contributed by atoms with Crippen LogP contribution in [0, 0.1) is 5.92 Å². The highest BCUT2D eigenvalue weighted by atomic mass is 16.5. The molecule has 0 unspecified atom stereocenters. The lowest BCUT2D eigenvalue weighted by Gasteiger charge is -2.00. The molecule has 1 heterocycles. The Balaban J connectivity index is 1.71. The van der Waals surface area contributed by atoms with Crippen molar-refractivity contribution in [3.63, 3.8) is 0 Å². The van der Waals surface area contributed by atoms with Gasteiger partial charge in [0, 0.05) is 7.05 Å². The van der Waals surface area contributed by atoms with Crippen LogP contribution in [0.25, 0.3) is 0 Å². The predicted octanol–water partition coefficient (Wildman–Crippen LogP) is 1.60. The van der Waals surface area contributed by atoms with Gasteiger partial charge in [-0.25, -0.2) is 0 Å². The molecular weight excluding hydrogens is 152 g/mol. The Labute approximate surface area is 72.3 Å². The predicted molar refractivity (Wildman–Crippen MR) is 46.0 cm³/mol. The quantitative estimate of drug-likeness (QED) is 0.679. The summed E-state index contributed by atoms with van der Waals surface area (Å²) in [6, 6.07) is 0. The van der Waals surface area contributed by atoms with E-state index in [4.69, 9.17) is 4.74 Å². The van der Waals surface area contributed by atoms with Gasteiger partial charge in [-0.2, -0.15) is 5.10 Å². The van der Waals surface area contributed by atoms with Crippen LogP contribution in [0.1, 0.15) is 19.3 Å². The molecule has 66 valence electrons. The van der Waals surface area contributed by atoms with Gasteiger partial charge in [0.25, 0.3) is 0 Å². The molecule has 1 aliphatic rings. The Morgan fingerprint density at radius 1 is 1.67 bits per heavy atom. The van der Waals surface area contributed by atoms with Crippen LogP contribution in [0.15, 0.2) is 12.4 Å². The summed E-state index contributed by atoms with van der Waals surface area (Å²) in [5.74, 6) is 1.83. The SMILES string of the molecule is Cn1cc(OCCC2CC2)cn1. The van der Waals surface area contributed by atoms with Crippen molar-refractivity contribution in [2.45, 2.75) is 19.3 Å². The normalized spacial score (nSPS) is 16.4. The smallest absolute Gasteiger partial charge is 0.157 e. The summed E-state index contributed by atoms with van der Waals surface area (Å²) in [5.41, 5.74) is 0. The van der Waals surface area contributed by atoms with Gasteiger partial charge >= 0.3 is 0 Å². The molecule has 1 aliphatic carbocycles. The van der Waals surface area contributed by atoms with Gasteiger partial charge in [-0.05, 0) is 12.3 Å². The van der Waals surface area contributed by atoms with Gasteiger partial charge in [0.2, 0.25) is 0 Å². The summed E-state index contributed by atoms with van der Waals surface area (Å²) in [5, 5.41) is 4.02. The van der Waals surface area contributed by atoms with Crippen molar-refractivity contribution in [2.75, 3.05) is 6.61 Å². The molecule has 0 spiro atoms. The molecule has 0 atom stereocenters. The maximum atomic E-state index is 5.49. The van der Waals surface area contributed by atoms with Crippen molar-refractivity contribution in [3.05, 3.63) is 12.4 Å². The van der Waals surface area contributed by atoms with E-state index in [0.717, 1.165) is 18.3 Å². The second kappa shape index (κ2) is 3.17. The molecule has 0 amide bonds. The molecule has 1 saturated carbocycles. The van der Waals surface area contributed by atoms with E-state index in [0.29, 0.717) is 0 Å². The topological polar surface area (TPSA) is 27.1 Å². The Kier molecular flexibility index (Phi) is 2.02. The molecule has 2 rings (SSSR count). The minimum absolute atomic E-state index is 0.844. The molecule has 1 aromatic heterocycles. The van der Waals surface area contributed by atoms with Crippen molar-refractivity contribution in [1.29, 1.82) is 0 Å². The summed E-state index contributed by atoms with van der Waals surface area (Å²) in [4.78, 5) is 0. The molecule has 1 fully saturated rings. The second-order valence-corrected chi connectivity index (χ2v) is 3.43. The second-order valence-electron chi connectivity index (χ2n) is 3.43. The summed E-state index contributed by atoms with van der Waals surface area (Å²) < 4.78 is 7.25. The standard InChI is InChI=1S/C9H14N2O/c1-11-7-9(6-10-11)12-5-4-8-2-3-8/h6-8H,2-5H2,1H3. The molecule has 1 aromatic rings. The number of hydrogen-bond acceptors (Lipinski definition) is 2. The van der Waals surface area contributed by atoms with E-state index in [1.165, 1.54) is 19.3 Å². The van der Waals surface area contributed by atoms with Gasteiger partial charge < -0.3 is 4.74 Å². The Hall–Kier alpha value is -0.990. The van der Waals surface area contributed by atoms with Gasteiger partial charge in [0.1, 0.15) is 0 Å². The third-order valence-corrected chi connectivity index (χ3v) is 2.17. The summed E-state index contributed by atoms with van der Waals surface area (Å²) in [7, 11) is 1.90. The van der Waals surface area contributed by atoms with Gasteiger partial charge in [-0.15, -0.1) is 0 Å². The Morgan fingerprint density at radius 2 is 2.50 bits per heavy atom. The molecule has 3 nitrogen and oxygen atoms in total. The van der Waals surface area contributed by atoms with E-state index in [-0.39, 0.29) is 0 Å². The fourth-order valence-electron chi connectivity index (χ4n) is 1.22. The third-order valence-electron chi connectivity index (χ3n) is 2.17. The van der Waals surface area contributed by atoms with Crippen LogP contribution in [0.5, 0.6) is 5.75 Å². The number of hydrogen-bond donors (Lipinski definition) is 0. The van der Waals surface area contributed by atoms with E-state index >= 15 is 0 Å². The lowest BCUT2D eigenvalue weighted by atomic mass is 10.3. The first-order valence-electron chi connectivity index (χ1n) is 4.46. The van der Waals surface area contributed by atoms with E-state index in [2.05, 4.69) is 5.10 Å². The molecule has 0 aromatic carbocycles. The number of nitrogens with zero attached hydrogens (tertiary/aromatic N) is 2. The minimum atomic E-state index is 0.844. The van der Waals surface area contributed by atoms with E-state index < -0.39 is 0 Å². The zero-order chi connectivity index (χ0) is 8.39. The zero-order valence-electron chi connectivity index (χ0n) is 7.36. The monoisotopic (exact) mass is 166 g/mol. The number of rotatable bonds is 4. The summed E-state index contributed by atoms with van der Waals surface area (Å²) >= 11 is 0. The molecule has 0 bridgehead atoms. The molecule has 0 aliphatic heterocycles. The molecule has 3 heteroatoms. The van der Waals surface area contributed by atoms with Crippen molar-refractivity contribution in [2.24, 2.45) is 13.0 Å². The van der Waals surface area contributed by atoms with Crippen LogP contribution in [-0.4, -0.2) is 16.4 Å². The summed E-state index contributed by atoms with van der Waals surface area (Å²) in [6.45, 7) is 0.844. The highest BCUT2D eigenvalue weighted by molar-refractivity contribution is 5.11. The van der Waals surface area contributed by atoms with Crippen molar-refractivity contribution >= 4 is 0 Å². The van der Waals surface area contributed by atoms with Crippen molar-refractivity contribution < 1.29 is 4.74 Å². The van der Waals surface area contributed by atoms with Gasteiger partial charge in [-0.3, -0.25) is 4.68 Å². The zero-order valence-corrected chi connectivity index (χ0v) is 7.36. The number of ether oxygens (including phenoxy) is 1. The number of aromatic nitrogens is 2. The molecule has 0 saturated heterocycles. The maximum Gasteiger partial charge on any atom is 0.157 e. The highest BCUT2D eigenvalue weighted by Gasteiger charge is 2.20. The fraction of sp³-hybridized carbons (Fsp3) is 0.667. The van der Waals surface area contributed by atoms with Crippen LogP contribution in [0.2, 0.25) is 0 Å². The molecule has 0 N–H and O–H groups in total. The van der Waals surface area contributed by atoms with Gasteiger partial charge in [-0.1, -0.05) is 12.8 Å². The lowest BCUT2D eigenvalue weighted by molar-refractivity contribution is 0.302. The Morgan fingerprint density at radius 3 is 3.08 bits per heavy atom. The van der Waals surface area contributed by atoms with E-state index in [1.807, 2.05) is 13.2 Å². The van der Waals surface area contributed by atoms with E-state index in [1.54, 1.807) is 10.9 Å². The van der Waals surface area contributed by atoms with Gasteiger partial charge in [0.05, 0.1) is 19.0 Å². The number of aryl methyl sites for hydroxylation is 1. The third kappa shape index (κ3) is 2.00.